The molecule has 1 aliphatic heterocycles. The summed E-state index contributed by atoms with van der Waals surface area (Å²) in [4.78, 5) is 13.1. The number of hydrogen-bond donors (Lipinski definition) is 1. The van der Waals surface area contributed by atoms with Gasteiger partial charge in [0.2, 0.25) is 0 Å². The Morgan fingerprint density at radius 3 is 2.33 bits per heavy atom. The van der Waals surface area contributed by atoms with Crippen molar-refractivity contribution >= 4 is 11.6 Å². The van der Waals surface area contributed by atoms with Crippen molar-refractivity contribution in [3.8, 4) is 0 Å². The zero-order chi connectivity index (χ0) is 11.1. The van der Waals surface area contributed by atoms with Crippen molar-refractivity contribution < 1.29 is 9.90 Å². The monoisotopic (exact) mass is 203 g/mol. The van der Waals surface area contributed by atoms with Gasteiger partial charge in [-0.15, -0.1) is 0 Å². The molecule has 1 aromatic carbocycles. The first-order chi connectivity index (χ1) is 7.03. The fraction of sp³-hybridized carbons (Fsp3) is 0.250. The molecule has 78 valence electrons. The predicted octanol–water partition coefficient (Wildman–Crippen LogP) is 1.69. The fourth-order valence-corrected chi connectivity index (χ4v) is 1.73. The number of benzene rings is 1. The lowest BCUT2D eigenvalue weighted by molar-refractivity contribution is -0.115. The van der Waals surface area contributed by atoms with Crippen LogP contribution in [0.25, 0.3) is 0 Å². The smallest absolute Gasteiger partial charge is 0.253 e. The average Bonchev–Trinajstić information content (AvgIpc) is 2.37. The fourth-order valence-electron chi connectivity index (χ4n) is 1.73. The summed E-state index contributed by atoms with van der Waals surface area (Å²) in [6, 6.07) is 9.16. The van der Waals surface area contributed by atoms with Gasteiger partial charge in [-0.2, -0.15) is 0 Å². The summed E-state index contributed by atoms with van der Waals surface area (Å²) in [5.41, 5.74) is 0.162. The van der Waals surface area contributed by atoms with Crippen molar-refractivity contribution in [1.82, 2.24) is 0 Å². The molecule has 0 saturated heterocycles. The van der Waals surface area contributed by atoms with Gasteiger partial charge in [0.25, 0.3) is 5.91 Å². The molecule has 0 saturated carbocycles. The molecule has 0 bridgehead atoms. The molecule has 1 atom stereocenters. The molecule has 0 fully saturated rings. The maximum absolute atomic E-state index is 11.7. The zero-order valence-corrected chi connectivity index (χ0v) is 8.77. The summed E-state index contributed by atoms with van der Waals surface area (Å²) < 4.78 is 0. The third kappa shape index (κ3) is 1.45. The van der Waals surface area contributed by atoms with Crippen LogP contribution >= 0.6 is 0 Å². The standard InChI is InChI=1S/C12H13NO2/c1-9-8-11(14)13(12(9,2)15)10-6-4-3-5-7-10/h3-8,15H,1-2H3. The Labute approximate surface area is 88.6 Å². The number of hydrogen-bond acceptors (Lipinski definition) is 2. The van der Waals surface area contributed by atoms with Crippen molar-refractivity contribution in [1.29, 1.82) is 0 Å². The van der Waals surface area contributed by atoms with Gasteiger partial charge in [-0.05, 0) is 31.6 Å². The maximum Gasteiger partial charge on any atom is 0.253 e. The molecule has 1 amide bonds. The summed E-state index contributed by atoms with van der Waals surface area (Å²) in [5, 5.41) is 10.2. The van der Waals surface area contributed by atoms with E-state index >= 15 is 0 Å². The molecule has 0 aliphatic carbocycles. The van der Waals surface area contributed by atoms with E-state index in [1.807, 2.05) is 18.2 Å². The van der Waals surface area contributed by atoms with Gasteiger partial charge in [0.15, 0.2) is 5.72 Å². The van der Waals surface area contributed by atoms with E-state index in [1.165, 1.54) is 11.0 Å². The van der Waals surface area contributed by atoms with Crippen LogP contribution in [0.3, 0.4) is 0 Å². The highest BCUT2D eigenvalue weighted by Crippen LogP contribution is 2.32. The lowest BCUT2D eigenvalue weighted by atomic mass is 10.1. The Morgan fingerprint density at radius 2 is 1.87 bits per heavy atom. The molecule has 1 aliphatic rings. The van der Waals surface area contributed by atoms with Crippen molar-refractivity contribution in [3.63, 3.8) is 0 Å². The predicted molar refractivity (Wildman–Crippen MR) is 58.3 cm³/mol. The van der Waals surface area contributed by atoms with Crippen LogP contribution in [0.4, 0.5) is 5.69 Å². The van der Waals surface area contributed by atoms with Crippen molar-refractivity contribution in [3.05, 3.63) is 42.0 Å². The van der Waals surface area contributed by atoms with Crippen LogP contribution in [0, 0.1) is 0 Å². The van der Waals surface area contributed by atoms with Crippen LogP contribution in [-0.4, -0.2) is 16.7 Å². The van der Waals surface area contributed by atoms with Gasteiger partial charge in [-0.3, -0.25) is 9.69 Å². The first-order valence-electron chi connectivity index (χ1n) is 4.84. The van der Waals surface area contributed by atoms with Crippen LogP contribution < -0.4 is 4.90 Å². The molecule has 15 heavy (non-hydrogen) atoms. The lowest BCUT2D eigenvalue weighted by Gasteiger charge is -2.31. The number of para-hydroxylation sites is 1. The second-order valence-corrected chi connectivity index (χ2v) is 3.86. The molecule has 1 unspecified atom stereocenters. The summed E-state index contributed by atoms with van der Waals surface area (Å²) in [7, 11) is 0. The molecule has 3 nitrogen and oxygen atoms in total. The van der Waals surface area contributed by atoms with E-state index in [-0.39, 0.29) is 5.91 Å². The molecule has 0 radical (unpaired) electrons. The molecule has 1 heterocycles. The van der Waals surface area contributed by atoms with Crippen molar-refractivity contribution in [2.75, 3.05) is 4.90 Å². The maximum atomic E-state index is 11.7. The van der Waals surface area contributed by atoms with Crippen LogP contribution in [0.15, 0.2) is 42.0 Å². The first kappa shape index (κ1) is 9.93. The Bertz CT molecular complexity index is 421. The van der Waals surface area contributed by atoms with Crippen LogP contribution in [0.2, 0.25) is 0 Å². The SMILES string of the molecule is CC1=CC(=O)N(c2ccccc2)C1(C)O. The van der Waals surface area contributed by atoms with Gasteiger partial charge < -0.3 is 5.11 Å². The highest BCUT2D eigenvalue weighted by molar-refractivity contribution is 6.06. The van der Waals surface area contributed by atoms with E-state index in [4.69, 9.17) is 0 Å². The van der Waals surface area contributed by atoms with Crippen LogP contribution in [-0.2, 0) is 4.79 Å². The minimum absolute atomic E-state index is 0.177. The topological polar surface area (TPSA) is 40.5 Å². The van der Waals surface area contributed by atoms with Crippen molar-refractivity contribution in [2.45, 2.75) is 19.6 Å². The number of nitrogens with zero attached hydrogens (tertiary/aromatic N) is 1. The van der Waals surface area contributed by atoms with Gasteiger partial charge in [-0.1, -0.05) is 18.2 Å². The van der Waals surface area contributed by atoms with E-state index in [0.717, 1.165) is 0 Å². The molecule has 1 N–H and O–H groups in total. The third-order valence-electron chi connectivity index (χ3n) is 2.76. The second kappa shape index (κ2) is 3.21. The largest absolute Gasteiger partial charge is 0.367 e. The molecule has 0 spiro atoms. The Hall–Kier alpha value is -1.61. The van der Waals surface area contributed by atoms with Gasteiger partial charge in [0.05, 0.1) is 0 Å². The Balaban J connectivity index is 2.45. The van der Waals surface area contributed by atoms with E-state index in [0.29, 0.717) is 11.3 Å². The molecule has 1 aromatic rings. The number of aliphatic hydroxyl groups is 1. The quantitative estimate of drug-likeness (QED) is 0.754. The number of carbonyl (C=O) groups excluding carboxylic acids is 1. The van der Waals surface area contributed by atoms with Gasteiger partial charge in [0.1, 0.15) is 0 Å². The minimum Gasteiger partial charge on any atom is -0.367 e. The van der Waals surface area contributed by atoms with Crippen molar-refractivity contribution in [2.24, 2.45) is 0 Å². The highest BCUT2D eigenvalue weighted by atomic mass is 16.3. The highest BCUT2D eigenvalue weighted by Gasteiger charge is 2.40. The molecular weight excluding hydrogens is 190 g/mol. The van der Waals surface area contributed by atoms with Crippen LogP contribution in [0.1, 0.15) is 13.8 Å². The summed E-state index contributed by atoms with van der Waals surface area (Å²) in [6.45, 7) is 3.37. The normalized spacial score (nSPS) is 25.7. The van der Waals surface area contributed by atoms with Crippen LogP contribution in [0.5, 0.6) is 0 Å². The minimum atomic E-state index is -1.21. The first-order valence-corrected chi connectivity index (χ1v) is 4.84. The third-order valence-corrected chi connectivity index (χ3v) is 2.76. The van der Waals surface area contributed by atoms with E-state index in [2.05, 4.69) is 0 Å². The molecular formula is C12H13NO2. The molecule has 3 heteroatoms. The average molecular weight is 203 g/mol. The molecule has 0 aromatic heterocycles. The summed E-state index contributed by atoms with van der Waals surface area (Å²) in [6.07, 6.45) is 1.47. The van der Waals surface area contributed by atoms with E-state index in [1.54, 1.807) is 26.0 Å². The van der Waals surface area contributed by atoms with E-state index < -0.39 is 5.72 Å². The number of rotatable bonds is 1. The summed E-state index contributed by atoms with van der Waals surface area (Å²) >= 11 is 0. The summed E-state index contributed by atoms with van der Waals surface area (Å²) in [5.74, 6) is -0.177. The van der Waals surface area contributed by atoms with E-state index in [9.17, 15) is 9.90 Å². The lowest BCUT2D eigenvalue weighted by Crippen LogP contribution is -2.45. The van der Waals surface area contributed by atoms with Gasteiger partial charge in [-0.25, -0.2) is 0 Å². The van der Waals surface area contributed by atoms with Gasteiger partial charge in [0, 0.05) is 11.8 Å². The molecule has 2 rings (SSSR count). The number of amides is 1. The van der Waals surface area contributed by atoms with Gasteiger partial charge >= 0.3 is 0 Å². The Morgan fingerprint density at radius 1 is 1.27 bits per heavy atom. The number of anilines is 1. The second-order valence-electron chi connectivity index (χ2n) is 3.86. The zero-order valence-electron chi connectivity index (χ0n) is 8.77. The Kier molecular flexibility index (Phi) is 2.12. The number of carbonyl (C=O) groups is 1.